The predicted molar refractivity (Wildman–Crippen MR) is 105 cm³/mol. The first-order valence-corrected chi connectivity index (χ1v) is 10.9. The molecule has 152 valence electrons. The van der Waals surface area contributed by atoms with Crippen LogP contribution in [0.2, 0.25) is 0 Å². The van der Waals surface area contributed by atoms with E-state index in [2.05, 4.69) is 10.2 Å². The van der Waals surface area contributed by atoms with E-state index in [-0.39, 0.29) is 23.4 Å². The smallest absolute Gasteiger partial charge is 0.289 e. The van der Waals surface area contributed by atoms with Gasteiger partial charge in [-0.2, -0.15) is 0 Å². The average molecular weight is 386 g/mol. The lowest BCUT2D eigenvalue weighted by atomic mass is 9.53. The normalized spacial score (nSPS) is 35.8. The van der Waals surface area contributed by atoms with Gasteiger partial charge in [-0.3, -0.25) is 14.5 Å². The third-order valence-corrected chi connectivity index (χ3v) is 7.69. The predicted octanol–water partition coefficient (Wildman–Crippen LogP) is 2.51. The molecule has 4 aliphatic carbocycles. The Bertz CT molecular complexity index is 701. The molecule has 1 atom stereocenters. The first-order valence-electron chi connectivity index (χ1n) is 10.9. The molecule has 6 nitrogen and oxygen atoms in total. The van der Waals surface area contributed by atoms with Crippen LogP contribution in [0.4, 0.5) is 0 Å². The van der Waals surface area contributed by atoms with Gasteiger partial charge in [-0.1, -0.05) is 0 Å². The van der Waals surface area contributed by atoms with E-state index in [1.807, 2.05) is 11.8 Å². The number of carbonyl (C=O) groups is 2. The summed E-state index contributed by atoms with van der Waals surface area (Å²) in [6, 6.07) is 3.30. The highest BCUT2D eigenvalue weighted by Gasteiger charge is 2.51. The summed E-state index contributed by atoms with van der Waals surface area (Å²) in [5.41, 5.74) is 0.0666. The van der Waals surface area contributed by atoms with E-state index in [9.17, 15) is 9.59 Å². The Labute approximate surface area is 166 Å². The fourth-order valence-corrected chi connectivity index (χ4v) is 6.66. The molecular weight excluding hydrogens is 354 g/mol. The van der Waals surface area contributed by atoms with E-state index in [1.165, 1.54) is 44.8 Å². The molecule has 2 amide bonds. The van der Waals surface area contributed by atoms with Crippen molar-refractivity contribution in [2.45, 2.75) is 57.0 Å². The number of hydrogen-bond donors (Lipinski definition) is 1. The molecule has 5 aliphatic rings. The summed E-state index contributed by atoms with van der Waals surface area (Å²) < 4.78 is 5.23. The second kappa shape index (κ2) is 6.90. The van der Waals surface area contributed by atoms with Crippen LogP contribution in [0.1, 0.15) is 56.0 Å². The Morgan fingerprint density at radius 1 is 1.07 bits per heavy atom. The highest BCUT2D eigenvalue weighted by atomic mass is 16.3. The first kappa shape index (κ1) is 18.2. The highest BCUT2D eigenvalue weighted by molar-refractivity contribution is 5.91. The van der Waals surface area contributed by atoms with Crippen molar-refractivity contribution < 1.29 is 14.0 Å². The molecule has 1 saturated heterocycles. The van der Waals surface area contributed by atoms with Crippen LogP contribution >= 0.6 is 0 Å². The molecule has 1 aromatic rings. The van der Waals surface area contributed by atoms with Gasteiger partial charge in [0.2, 0.25) is 5.91 Å². The lowest BCUT2D eigenvalue weighted by Gasteiger charge is -2.57. The Balaban J connectivity index is 1.17. The number of carbonyl (C=O) groups excluding carboxylic acids is 2. The van der Waals surface area contributed by atoms with Gasteiger partial charge >= 0.3 is 0 Å². The molecule has 6 heteroatoms. The molecule has 1 N–H and O–H groups in total. The summed E-state index contributed by atoms with van der Waals surface area (Å²) in [6.07, 6.45) is 9.23. The maximum atomic E-state index is 13.1. The summed E-state index contributed by atoms with van der Waals surface area (Å²) in [5, 5.41) is 3.50. The summed E-state index contributed by atoms with van der Waals surface area (Å²) >= 11 is 0. The van der Waals surface area contributed by atoms with Crippen LogP contribution in [0, 0.1) is 17.8 Å². The molecule has 0 radical (unpaired) electrons. The molecule has 6 rings (SSSR count). The van der Waals surface area contributed by atoms with Gasteiger partial charge in [0, 0.05) is 31.7 Å². The van der Waals surface area contributed by atoms with Crippen LogP contribution in [0.15, 0.2) is 22.8 Å². The van der Waals surface area contributed by atoms with Crippen molar-refractivity contribution in [3.8, 4) is 0 Å². The van der Waals surface area contributed by atoms with Crippen molar-refractivity contribution in [1.29, 1.82) is 0 Å². The largest absolute Gasteiger partial charge is 0.459 e. The maximum Gasteiger partial charge on any atom is 0.289 e. The zero-order valence-electron chi connectivity index (χ0n) is 16.7. The minimum Gasteiger partial charge on any atom is -0.459 e. The number of piperazine rings is 1. The Morgan fingerprint density at radius 3 is 2.21 bits per heavy atom. The third kappa shape index (κ3) is 3.25. The lowest BCUT2D eigenvalue weighted by molar-refractivity contribution is -0.132. The number of nitrogens with one attached hydrogen (secondary N) is 1. The van der Waals surface area contributed by atoms with Crippen molar-refractivity contribution in [1.82, 2.24) is 15.1 Å². The molecule has 0 spiro atoms. The van der Waals surface area contributed by atoms with E-state index < -0.39 is 0 Å². The number of nitrogens with zero attached hydrogens (tertiary/aromatic N) is 2. The molecule has 28 heavy (non-hydrogen) atoms. The molecule has 4 saturated carbocycles. The molecule has 5 fully saturated rings. The van der Waals surface area contributed by atoms with Crippen molar-refractivity contribution in [3.63, 3.8) is 0 Å². The van der Waals surface area contributed by atoms with Crippen molar-refractivity contribution in [3.05, 3.63) is 24.2 Å². The van der Waals surface area contributed by atoms with Gasteiger partial charge in [-0.05, 0) is 75.3 Å². The molecule has 0 aromatic carbocycles. The van der Waals surface area contributed by atoms with Gasteiger partial charge in [0.25, 0.3) is 5.91 Å². The van der Waals surface area contributed by atoms with Gasteiger partial charge in [0.05, 0.1) is 12.3 Å². The van der Waals surface area contributed by atoms with Crippen LogP contribution < -0.4 is 5.32 Å². The Kier molecular flexibility index (Phi) is 4.49. The fourth-order valence-electron chi connectivity index (χ4n) is 6.66. The summed E-state index contributed by atoms with van der Waals surface area (Å²) in [7, 11) is 0. The Hall–Kier alpha value is -1.82. The SMILES string of the molecule is C[C@H](C(=O)NC12CC3CC(CC(C3)C1)C2)N1CCN(C(=O)c2ccco2)CC1. The third-order valence-electron chi connectivity index (χ3n) is 7.69. The zero-order chi connectivity index (χ0) is 19.3. The number of hydrogen-bond acceptors (Lipinski definition) is 4. The summed E-state index contributed by atoms with van der Waals surface area (Å²) in [4.78, 5) is 29.5. The molecule has 2 heterocycles. The van der Waals surface area contributed by atoms with E-state index >= 15 is 0 Å². The van der Waals surface area contributed by atoms with E-state index in [0.717, 1.165) is 30.8 Å². The number of amides is 2. The lowest BCUT2D eigenvalue weighted by Crippen LogP contribution is -2.63. The van der Waals surface area contributed by atoms with Crippen molar-refractivity contribution in [2.75, 3.05) is 26.2 Å². The minimum absolute atomic E-state index is 0.0599. The van der Waals surface area contributed by atoms with Crippen molar-refractivity contribution >= 4 is 11.8 Å². The number of rotatable bonds is 4. The summed E-state index contributed by atoms with van der Waals surface area (Å²) in [6.45, 7) is 4.73. The van der Waals surface area contributed by atoms with E-state index in [0.29, 0.717) is 18.8 Å². The van der Waals surface area contributed by atoms with Gasteiger partial charge in [-0.25, -0.2) is 0 Å². The second-order valence-electron chi connectivity index (χ2n) is 9.67. The van der Waals surface area contributed by atoms with E-state index in [1.54, 1.807) is 12.1 Å². The average Bonchev–Trinajstić information content (AvgIpc) is 3.20. The quantitative estimate of drug-likeness (QED) is 0.865. The molecule has 0 unspecified atom stereocenters. The maximum absolute atomic E-state index is 13.1. The van der Waals surface area contributed by atoms with Crippen LogP contribution in [0.5, 0.6) is 0 Å². The highest BCUT2D eigenvalue weighted by Crippen LogP contribution is 2.55. The van der Waals surface area contributed by atoms with E-state index in [4.69, 9.17) is 4.42 Å². The van der Waals surface area contributed by atoms with Crippen LogP contribution in [0.25, 0.3) is 0 Å². The van der Waals surface area contributed by atoms with Crippen LogP contribution in [0.3, 0.4) is 0 Å². The number of furan rings is 1. The molecule has 1 aromatic heterocycles. The zero-order valence-corrected chi connectivity index (χ0v) is 16.7. The first-order chi connectivity index (χ1) is 13.5. The summed E-state index contributed by atoms with van der Waals surface area (Å²) in [5.74, 6) is 3.00. The van der Waals surface area contributed by atoms with Gasteiger partial charge in [0.1, 0.15) is 0 Å². The topological polar surface area (TPSA) is 65.8 Å². The van der Waals surface area contributed by atoms with Gasteiger partial charge in [0.15, 0.2) is 5.76 Å². The standard InChI is InChI=1S/C22H31N3O3/c1-15(24-4-6-25(7-5-24)21(27)19-3-2-8-28-19)20(26)23-22-12-16-9-17(13-22)11-18(10-16)14-22/h2-3,8,15-18H,4-7,9-14H2,1H3,(H,23,26)/t15-,16?,17?,18?,22?/m1/s1. The molecule has 4 bridgehead atoms. The minimum atomic E-state index is -0.145. The van der Waals surface area contributed by atoms with Crippen LogP contribution in [-0.2, 0) is 4.79 Å². The van der Waals surface area contributed by atoms with Gasteiger partial charge < -0.3 is 14.6 Å². The monoisotopic (exact) mass is 385 g/mol. The fraction of sp³-hybridized carbons (Fsp3) is 0.727. The molecule has 1 aliphatic heterocycles. The van der Waals surface area contributed by atoms with Gasteiger partial charge in [-0.15, -0.1) is 0 Å². The molecular formula is C22H31N3O3. The Morgan fingerprint density at radius 2 is 1.68 bits per heavy atom. The van der Waals surface area contributed by atoms with Crippen molar-refractivity contribution in [2.24, 2.45) is 17.8 Å². The van der Waals surface area contributed by atoms with Crippen LogP contribution in [-0.4, -0.2) is 59.4 Å². The second-order valence-corrected chi connectivity index (χ2v) is 9.67.